The second kappa shape index (κ2) is 8.86. The first kappa shape index (κ1) is 16.9. The zero-order chi connectivity index (χ0) is 15.0. The van der Waals surface area contributed by atoms with Crippen LogP contribution in [0.4, 0.5) is 0 Å². The fourth-order valence-corrected chi connectivity index (χ4v) is 1.82. The summed E-state index contributed by atoms with van der Waals surface area (Å²) in [7, 11) is 0. The van der Waals surface area contributed by atoms with Gasteiger partial charge < -0.3 is 4.42 Å². The first-order valence-electron chi connectivity index (χ1n) is 6.77. The number of aromatic nitrogens is 3. The van der Waals surface area contributed by atoms with E-state index in [4.69, 9.17) is 4.42 Å². The van der Waals surface area contributed by atoms with E-state index in [1.54, 1.807) is 23.3 Å². The molecule has 0 fully saturated rings. The minimum atomic E-state index is 0. The summed E-state index contributed by atoms with van der Waals surface area (Å²) in [5.74, 6) is 0.616. The van der Waals surface area contributed by atoms with Crippen LogP contribution in [-0.2, 0) is 21.1 Å². The minimum Gasteiger partial charge on any atom is -0.489 e. The third kappa shape index (κ3) is 4.76. The molecule has 116 valence electrons. The molecule has 0 aliphatic heterocycles. The van der Waals surface area contributed by atoms with Crippen molar-refractivity contribution in [2.75, 3.05) is 0 Å². The third-order valence-corrected chi connectivity index (χ3v) is 2.82. The molecule has 0 saturated carbocycles. The molecular formula is C18H13N3OPt. The van der Waals surface area contributed by atoms with Crippen LogP contribution in [0.1, 0.15) is 0 Å². The molecule has 5 heteroatoms. The van der Waals surface area contributed by atoms with Crippen molar-refractivity contribution in [2.45, 2.75) is 0 Å². The van der Waals surface area contributed by atoms with Gasteiger partial charge in [-0.25, -0.2) is 0 Å². The maximum Gasteiger partial charge on any atom is 2.00 e. The van der Waals surface area contributed by atoms with Crippen LogP contribution in [0.15, 0.2) is 83.9 Å². The SMILES string of the molecule is [Pt+2].[c-]1ccccc1-c1ncco1.[c-]1ccccc1-n1cccn1. The Morgan fingerprint density at radius 3 is 2.30 bits per heavy atom. The van der Waals surface area contributed by atoms with Crippen LogP contribution in [0.2, 0.25) is 0 Å². The van der Waals surface area contributed by atoms with Gasteiger partial charge in [0.05, 0.1) is 12.5 Å². The van der Waals surface area contributed by atoms with Gasteiger partial charge in [-0.3, -0.25) is 9.67 Å². The molecule has 0 atom stereocenters. The summed E-state index contributed by atoms with van der Waals surface area (Å²) in [4.78, 5) is 3.99. The second-order valence-corrected chi connectivity index (χ2v) is 4.31. The van der Waals surface area contributed by atoms with Crippen LogP contribution in [0.5, 0.6) is 0 Å². The fourth-order valence-electron chi connectivity index (χ4n) is 1.82. The van der Waals surface area contributed by atoms with Crippen molar-refractivity contribution in [3.8, 4) is 17.1 Å². The molecule has 4 nitrogen and oxygen atoms in total. The summed E-state index contributed by atoms with van der Waals surface area (Å²) >= 11 is 0. The van der Waals surface area contributed by atoms with Gasteiger partial charge in [-0.05, 0) is 11.8 Å². The smallest absolute Gasteiger partial charge is 0.489 e. The van der Waals surface area contributed by atoms with Crippen molar-refractivity contribution < 1.29 is 25.5 Å². The minimum absolute atomic E-state index is 0. The van der Waals surface area contributed by atoms with Crippen molar-refractivity contribution >= 4 is 0 Å². The van der Waals surface area contributed by atoms with E-state index < -0.39 is 0 Å². The molecule has 0 N–H and O–H groups in total. The van der Waals surface area contributed by atoms with Crippen molar-refractivity contribution in [3.63, 3.8) is 0 Å². The third-order valence-electron chi connectivity index (χ3n) is 2.82. The Hall–Kier alpha value is -2.45. The van der Waals surface area contributed by atoms with Crippen LogP contribution in [0.25, 0.3) is 17.1 Å². The van der Waals surface area contributed by atoms with Gasteiger partial charge in [0.1, 0.15) is 5.89 Å². The maximum absolute atomic E-state index is 5.08. The zero-order valence-electron chi connectivity index (χ0n) is 12.1. The summed E-state index contributed by atoms with van der Waals surface area (Å²) < 4.78 is 6.85. The molecule has 0 bridgehead atoms. The Balaban J connectivity index is 0.000000160. The molecule has 0 unspecified atom stereocenters. The largest absolute Gasteiger partial charge is 2.00 e. The molecular weight excluding hydrogens is 469 g/mol. The summed E-state index contributed by atoms with van der Waals surface area (Å²) in [5, 5.41) is 4.07. The molecule has 4 rings (SSSR count). The predicted molar refractivity (Wildman–Crippen MR) is 83.2 cm³/mol. The maximum atomic E-state index is 5.08. The number of rotatable bonds is 2. The molecule has 0 radical (unpaired) electrons. The Bertz CT molecular complexity index is 700. The number of para-hydroxylation sites is 1. The molecule has 2 aromatic heterocycles. The van der Waals surface area contributed by atoms with E-state index >= 15 is 0 Å². The van der Waals surface area contributed by atoms with E-state index in [0.29, 0.717) is 5.89 Å². The zero-order valence-corrected chi connectivity index (χ0v) is 14.3. The molecule has 23 heavy (non-hydrogen) atoms. The summed E-state index contributed by atoms with van der Waals surface area (Å²) in [6.07, 6.45) is 6.82. The van der Waals surface area contributed by atoms with Gasteiger partial charge in [-0.1, -0.05) is 5.56 Å². The number of nitrogens with zero attached hydrogens (tertiary/aromatic N) is 3. The Morgan fingerprint density at radius 1 is 0.913 bits per heavy atom. The molecule has 4 aromatic rings. The first-order chi connectivity index (χ1) is 10.9. The summed E-state index contributed by atoms with van der Waals surface area (Å²) in [5.41, 5.74) is 1.86. The Morgan fingerprint density at radius 2 is 1.74 bits per heavy atom. The van der Waals surface area contributed by atoms with Gasteiger partial charge in [0.25, 0.3) is 0 Å². The van der Waals surface area contributed by atoms with Crippen molar-refractivity contribution in [1.29, 1.82) is 0 Å². The molecule has 0 saturated heterocycles. The van der Waals surface area contributed by atoms with Gasteiger partial charge >= 0.3 is 21.1 Å². The topological polar surface area (TPSA) is 43.9 Å². The van der Waals surface area contributed by atoms with Gasteiger partial charge in [0.15, 0.2) is 0 Å². The van der Waals surface area contributed by atoms with Crippen molar-refractivity contribution in [3.05, 3.63) is 91.6 Å². The normalized spacial score (nSPS) is 9.39. The second-order valence-electron chi connectivity index (χ2n) is 4.31. The molecule has 0 spiro atoms. The van der Waals surface area contributed by atoms with Crippen LogP contribution in [0, 0.1) is 12.1 Å². The molecule has 0 amide bonds. The van der Waals surface area contributed by atoms with E-state index in [1.165, 1.54) is 0 Å². The number of hydrogen-bond acceptors (Lipinski definition) is 3. The Labute approximate surface area is 149 Å². The quantitative estimate of drug-likeness (QED) is 0.409. The van der Waals surface area contributed by atoms with E-state index in [1.807, 2.05) is 60.8 Å². The van der Waals surface area contributed by atoms with Crippen LogP contribution >= 0.6 is 0 Å². The standard InChI is InChI=1S/C9H7N2.C9H6NO.Pt/c1-2-5-9(6-3-1)11-8-4-7-10-11;1-2-4-8(5-3-1)9-10-6-7-11-9;/h1-5,7-8H;1-4,6-7H;/q2*-1;+2. The monoisotopic (exact) mass is 482 g/mol. The van der Waals surface area contributed by atoms with Gasteiger partial charge in [0, 0.05) is 12.4 Å². The van der Waals surface area contributed by atoms with Crippen LogP contribution < -0.4 is 0 Å². The number of oxazole rings is 1. The van der Waals surface area contributed by atoms with E-state index in [2.05, 4.69) is 22.2 Å². The van der Waals surface area contributed by atoms with Crippen molar-refractivity contribution in [1.82, 2.24) is 14.8 Å². The summed E-state index contributed by atoms with van der Waals surface area (Å²) in [6, 6.07) is 23.3. The first-order valence-corrected chi connectivity index (χ1v) is 6.77. The number of hydrogen-bond donors (Lipinski definition) is 0. The van der Waals surface area contributed by atoms with E-state index in [-0.39, 0.29) is 21.1 Å². The average Bonchev–Trinajstić information content (AvgIpc) is 3.31. The van der Waals surface area contributed by atoms with Crippen LogP contribution in [-0.4, -0.2) is 14.8 Å². The summed E-state index contributed by atoms with van der Waals surface area (Å²) in [6.45, 7) is 0. The predicted octanol–water partition coefficient (Wildman–Crippen LogP) is 3.81. The molecule has 0 aliphatic rings. The Kier molecular flexibility index (Phi) is 6.52. The molecule has 2 heterocycles. The van der Waals surface area contributed by atoms with E-state index in [0.717, 1.165) is 11.3 Å². The molecule has 2 aromatic carbocycles. The fraction of sp³-hybridized carbons (Fsp3) is 0. The van der Waals surface area contributed by atoms with E-state index in [9.17, 15) is 0 Å². The van der Waals surface area contributed by atoms with Gasteiger partial charge in [0.2, 0.25) is 0 Å². The molecule has 0 aliphatic carbocycles. The van der Waals surface area contributed by atoms with Crippen molar-refractivity contribution in [2.24, 2.45) is 0 Å². The van der Waals surface area contributed by atoms with Gasteiger partial charge in [-0.15, -0.1) is 36.4 Å². The van der Waals surface area contributed by atoms with Crippen LogP contribution in [0.3, 0.4) is 0 Å². The van der Waals surface area contributed by atoms with Gasteiger partial charge in [-0.2, -0.15) is 29.4 Å². The number of benzene rings is 2. The average molecular weight is 482 g/mol.